The van der Waals surface area contributed by atoms with E-state index in [0.717, 1.165) is 0 Å². The lowest BCUT2D eigenvalue weighted by molar-refractivity contribution is -0.277. The van der Waals surface area contributed by atoms with Crippen LogP contribution >= 0.6 is 0 Å². The third-order valence-electron chi connectivity index (χ3n) is 9.52. The Labute approximate surface area is 382 Å². The number of carbonyl (C=O) groups is 8. The minimum atomic E-state index is -1.24. The molecule has 2 aliphatic rings. The summed E-state index contributed by atoms with van der Waals surface area (Å²) in [5, 5.41) is 31.9. The van der Waals surface area contributed by atoms with Gasteiger partial charge in [-0.05, 0) is 19.3 Å². The summed E-state index contributed by atoms with van der Waals surface area (Å²) in [4.78, 5) is 97.5. The zero-order chi connectivity index (χ0) is 49.2. The smallest absolute Gasteiger partial charge is 0.407 e. The number of carbonyl (C=O) groups excluding carboxylic acids is 8. The highest BCUT2D eigenvalue weighted by atomic mass is 16.7. The number of nitrogens with one attached hydrogen (secondary N) is 5. The van der Waals surface area contributed by atoms with Gasteiger partial charge in [0.25, 0.3) is 0 Å². The van der Waals surface area contributed by atoms with Crippen LogP contribution in [0, 0.1) is 0 Å². The van der Waals surface area contributed by atoms with Crippen LogP contribution in [-0.4, -0.2) is 205 Å². The molecule has 0 saturated carbocycles. The second-order valence-electron chi connectivity index (χ2n) is 15.1. The molecule has 11 atom stereocenters. The van der Waals surface area contributed by atoms with Gasteiger partial charge in [-0.25, -0.2) is 4.79 Å². The minimum Gasteiger partial charge on any atom is -0.463 e. The van der Waals surface area contributed by atoms with Crippen LogP contribution < -0.4 is 26.6 Å². The Morgan fingerprint density at radius 2 is 1.38 bits per heavy atom. The topological polar surface area (TPSA) is 339 Å². The van der Waals surface area contributed by atoms with Crippen LogP contribution in [0.3, 0.4) is 0 Å². The molecule has 0 aliphatic carbocycles. The van der Waals surface area contributed by atoms with Crippen molar-refractivity contribution in [3.05, 3.63) is 0 Å². The maximum Gasteiger partial charge on any atom is 0.407 e. The van der Waals surface area contributed by atoms with Gasteiger partial charge in [0, 0.05) is 81.4 Å². The van der Waals surface area contributed by atoms with Crippen molar-refractivity contribution in [3.8, 4) is 0 Å². The summed E-state index contributed by atoms with van der Waals surface area (Å²) in [6.45, 7) is 4.36. The summed E-state index contributed by atoms with van der Waals surface area (Å²) in [6, 6.07) is -1.89. The largest absolute Gasteiger partial charge is 0.463 e. The summed E-state index contributed by atoms with van der Waals surface area (Å²) < 4.78 is 60.4. The van der Waals surface area contributed by atoms with Crippen molar-refractivity contribution in [2.24, 2.45) is 0 Å². The predicted octanol–water partition coefficient (Wildman–Crippen LogP) is -3.18. The minimum absolute atomic E-state index is 0.0135. The summed E-state index contributed by atoms with van der Waals surface area (Å²) in [7, 11) is 2.75. The van der Waals surface area contributed by atoms with Crippen LogP contribution in [-0.2, 0) is 85.7 Å². The van der Waals surface area contributed by atoms with Crippen LogP contribution in [0.2, 0.25) is 0 Å². The number of esters is 4. The lowest BCUT2D eigenvalue weighted by atomic mass is 9.96. The SMILES string of the molecule is COCC1OC(OCC(=O)NCCCCC(NCCOC2OC(COC(C)=O)C(OC)C(OC(C)=O)[C@H]2NC(C)=O)C(=O)NCCNC(=O)OCC(O)CO)CC(OC(C)=O)C1OC(C)=O. The summed E-state index contributed by atoms with van der Waals surface area (Å²) in [6.07, 6.45) is -9.06. The number of amides is 4. The first-order valence-electron chi connectivity index (χ1n) is 21.3. The van der Waals surface area contributed by atoms with Crippen molar-refractivity contribution >= 4 is 47.7 Å². The molecule has 0 spiro atoms. The van der Waals surface area contributed by atoms with E-state index in [-0.39, 0.29) is 58.8 Å². The van der Waals surface area contributed by atoms with Gasteiger partial charge in [-0.1, -0.05) is 0 Å². The first-order valence-corrected chi connectivity index (χ1v) is 21.3. The molecular weight excluding hydrogens is 886 g/mol. The number of aliphatic hydroxyl groups is 2. The quantitative estimate of drug-likeness (QED) is 0.0221. The highest BCUT2D eigenvalue weighted by Gasteiger charge is 2.50. The Balaban J connectivity index is 2.03. The molecule has 0 aromatic heterocycles. The van der Waals surface area contributed by atoms with Gasteiger partial charge in [-0.2, -0.15) is 0 Å². The van der Waals surface area contributed by atoms with E-state index < -0.39 is 135 Å². The number of ether oxygens (including phenoxy) is 11. The van der Waals surface area contributed by atoms with E-state index in [1.54, 1.807) is 0 Å². The van der Waals surface area contributed by atoms with Crippen molar-refractivity contribution in [1.82, 2.24) is 26.6 Å². The molecule has 378 valence electrons. The Kier molecular flexibility index (Phi) is 27.1. The maximum atomic E-state index is 13.4. The lowest BCUT2D eigenvalue weighted by Gasteiger charge is -2.45. The second kappa shape index (κ2) is 31.2. The number of alkyl carbamates (subject to hydrolysis) is 1. The van der Waals surface area contributed by atoms with Crippen molar-refractivity contribution in [2.45, 2.75) is 128 Å². The number of methoxy groups -OCH3 is 2. The lowest BCUT2D eigenvalue weighted by Crippen LogP contribution is -2.66. The Hall–Kier alpha value is -4.80. The fourth-order valence-electron chi connectivity index (χ4n) is 6.76. The van der Waals surface area contributed by atoms with E-state index in [2.05, 4.69) is 26.6 Å². The second-order valence-corrected chi connectivity index (χ2v) is 15.1. The molecule has 7 N–H and O–H groups in total. The van der Waals surface area contributed by atoms with Gasteiger partial charge < -0.3 is 88.9 Å². The first kappa shape index (κ1) is 57.3. The van der Waals surface area contributed by atoms with Gasteiger partial charge in [0.2, 0.25) is 17.7 Å². The average Bonchev–Trinajstić information content (AvgIpc) is 3.24. The maximum absolute atomic E-state index is 13.4. The highest BCUT2D eigenvalue weighted by molar-refractivity contribution is 5.81. The number of hydrogen-bond donors (Lipinski definition) is 7. The van der Waals surface area contributed by atoms with E-state index in [0.29, 0.717) is 12.8 Å². The fourth-order valence-corrected chi connectivity index (χ4v) is 6.76. The molecule has 2 aliphatic heterocycles. The van der Waals surface area contributed by atoms with Crippen LogP contribution in [0.5, 0.6) is 0 Å². The summed E-state index contributed by atoms with van der Waals surface area (Å²) in [5.74, 6) is -3.95. The van der Waals surface area contributed by atoms with Gasteiger partial charge >= 0.3 is 30.0 Å². The zero-order valence-corrected chi connectivity index (χ0v) is 38.4. The van der Waals surface area contributed by atoms with Crippen molar-refractivity contribution in [3.63, 3.8) is 0 Å². The molecule has 0 bridgehead atoms. The van der Waals surface area contributed by atoms with Crippen molar-refractivity contribution in [2.75, 3.05) is 80.0 Å². The van der Waals surface area contributed by atoms with Crippen LogP contribution in [0.4, 0.5) is 4.79 Å². The molecule has 10 unspecified atom stereocenters. The number of hydrogen-bond acceptors (Lipinski definition) is 22. The van der Waals surface area contributed by atoms with E-state index >= 15 is 0 Å². The Morgan fingerprint density at radius 3 is 2.00 bits per heavy atom. The number of aliphatic hydroxyl groups excluding tert-OH is 2. The highest BCUT2D eigenvalue weighted by Crippen LogP contribution is 2.28. The molecule has 0 radical (unpaired) electrons. The van der Waals surface area contributed by atoms with Crippen molar-refractivity contribution < 1.29 is 101 Å². The molecule has 0 aromatic carbocycles. The molecule has 2 rings (SSSR count). The molecular formula is C40H67N5O21. The molecule has 4 amide bonds. The standard InChI is InChI=1S/C40H67N5O21/c1-22(47)45-34-37(64-26(5)51)36(57-7)31(20-59-23(2)48)66-39(34)58-15-14-41-28(38(54)43-12-13-44-40(55)61-18-27(52)17-46)10-8-9-11-42-32(53)21-60-33-16-29(62-24(3)49)35(63-25(4)50)30(65-33)19-56-6/h27-31,33-37,39,41,46,52H,8-21H2,1-7H3,(H,42,53)(H,43,54)(H,44,55)(H,45,47)/t27?,28?,29?,30?,31?,33?,34-,35?,36?,37?,39?/m1/s1. The van der Waals surface area contributed by atoms with E-state index in [1.165, 1.54) is 48.8 Å². The van der Waals surface area contributed by atoms with Crippen LogP contribution in [0.25, 0.3) is 0 Å². The third kappa shape index (κ3) is 22.1. The van der Waals surface area contributed by atoms with E-state index in [4.69, 9.17) is 57.2 Å². The molecule has 0 aromatic rings. The molecule has 26 heteroatoms. The van der Waals surface area contributed by atoms with Gasteiger partial charge in [0.15, 0.2) is 24.8 Å². The Bertz CT molecular complexity index is 1560. The van der Waals surface area contributed by atoms with Crippen LogP contribution in [0.15, 0.2) is 0 Å². The summed E-state index contributed by atoms with van der Waals surface area (Å²) >= 11 is 0. The first-order chi connectivity index (χ1) is 31.4. The van der Waals surface area contributed by atoms with Crippen LogP contribution in [0.1, 0.15) is 60.3 Å². The zero-order valence-electron chi connectivity index (χ0n) is 38.4. The normalized spacial score (nSPS) is 24.7. The van der Waals surface area contributed by atoms with Gasteiger partial charge in [-0.3, -0.25) is 33.6 Å². The average molecular weight is 954 g/mol. The predicted molar refractivity (Wildman–Crippen MR) is 222 cm³/mol. The molecule has 2 fully saturated rings. The molecule has 26 nitrogen and oxygen atoms in total. The monoisotopic (exact) mass is 953 g/mol. The fraction of sp³-hybridized carbons (Fsp3) is 0.800. The molecule has 2 heterocycles. The van der Waals surface area contributed by atoms with E-state index in [1.807, 2.05) is 0 Å². The van der Waals surface area contributed by atoms with E-state index in [9.17, 15) is 43.5 Å². The van der Waals surface area contributed by atoms with Crippen molar-refractivity contribution in [1.29, 1.82) is 0 Å². The Morgan fingerprint density at radius 1 is 0.712 bits per heavy atom. The summed E-state index contributed by atoms with van der Waals surface area (Å²) in [5.41, 5.74) is 0. The van der Waals surface area contributed by atoms with Gasteiger partial charge in [0.1, 0.15) is 56.4 Å². The number of unbranched alkanes of at least 4 members (excludes halogenated alkanes) is 1. The van der Waals surface area contributed by atoms with Gasteiger partial charge in [-0.15, -0.1) is 0 Å². The molecule has 2 saturated heterocycles. The third-order valence-corrected chi connectivity index (χ3v) is 9.52. The van der Waals surface area contributed by atoms with Gasteiger partial charge in [0.05, 0.1) is 25.9 Å². The molecule has 66 heavy (non-hydrogen) atoms. The number of rotatable bonds is 29.